The molecular formula is C21H24O. The van der Waals surface area contributed by atoms with Gasteiger partial charge in [0.05, 0.1) is 0 Å². The average molecular weight is 292 g/mol. The van der Waals surface area contributed by atoms with E-state index in [1.165, 1.54) is 22.3 Å². The molecule has 1 fully saturated rings. The van der Waals surface area contributed by atoms with Gasteiger partial charge >= 0.3 is 0 Å². The molecule has 0 amide bonds. The van der Waals surface area contributed by atoms with E-state index in [1.54, 1.807) is 0 Å². The fourth-order valence-electron chi connectivity index (χ4n) is 3.87. The molecule has 0 heterocycles. The maximum absolute atomic E-state index is 12.4. The molecule has 2 atom stereocenters. The van der Waals surface area contributed by atoms with Crippen LogP contribution in [0, 0.1) is 19.8 Å². The van der Waals surface area contributed by atoms with Crippen molar-refractivity contribution in [1.29, 1.82) is 0 Å². The molecule has 0 radical (unpaired) electrons. The largest absolute Gasteiger partial charge is 0.299 e. The first-order valence-electron chi connectivity index (χ1n) is 8.28. The summed E-state index contributed by atoms with van der Waals surface area (Å²) in [5.41, 5.74) is 5.13. The molecule has 114 valence electrons. The van der Waals surface area contributed by atoms with Crippen LogP contribution in [0.1, 0.15) is 47.4 Å². The zero-order chi connectivity index (χ0) is 15.5. The summed E-state index contributed by atoms with van der Waals surface area (Å²) in [6, 6.07) is 17.2. The van der Waals surface area contributed by atoms with Crippen LogP contribution in [-0.4, -0.2) is 5.78 Å². The quantitative estimate of drug-likeness (QED) is 0.775. The SMILES string of the molecule is Cc1cc(C)cc([C@H]2C(=O)CC[C@@H]2CCc2ccccc2)c1. The highest BCUT2D eigenvalue weighted by molar-refractivity contribution is 5.88. The molecule has 0 spiro atoms. The van der Waals surface area contributed by atoms with Crippen LogP contribution in [0.25, 0.3) is 0 Å². The van der Waals surface area contributed by atoms with Crippen LogP contribution >= 0.6 is 0 Å². The number of hydrogen-bond donors (Lipinski definition) is 0. The molecule has 1 aliphatic carbocycles. The summed E-state index contributed by atoms with van der Waals surface area (Å²) >= 11 is 0. The van der Waals surface area contributed by atoms with Gasteiger partial charge in [0.2, 0.25) is 0 Å². The maximum atomic E-state index is 12.4. The summed E-state index contributed by atoms with van der Waals surface area (Å²) in [5, 5.41) is 0. The van der Waals surface area contributed by atoms with Crippen molar-refractivity contribution in [2.24, 2.45) is 5.92 Å². The average Bonchev–Trinajstić information content (AvgIpc) is 2.86. The topological polar surface area (TPSA) is 17.1 Å². The second-order valence-corrected chi connectivity index (χ2v) is 6.69. The van der Waals surface area contributed by atoms with Crippen molar-refractivity contribution >= 4 is 5.78 Å². The summed E-state index contributed by atoms with van der Waals surface area (Å²) < 4.78 is 0. The molecule has 2 aromatic carbocycles. The highest BCUT2D eigenvalue weighted by Crippen LogP contribution is 2.40. The van der Waals surface area contributed by atoms with Crippen molar-refractivity contribution in [2.75, 3.05) is 0 Å². The number of aryl methyl sites for hydroxylation is 3. The molecule has 0 unspecified atom stereocenters. The van der Waals surface area contributed by atoms with Crippen molar-refractivity contribution in [3.63, 3.8) is 0 Å². The zero-order valence-electron chi connectivity index (χ0n) is 13.5. The number of hydrogen-bond acceptors (Lipinski definition) is 1. The lowest BCUT2D eigenvalue weighted by atomic mass is 9.83. The van der Waals surface area contributed by atoms with E-state index in [-0.39, 0.29) is 5.92 Å². The maximum Gasteiger partial charge on any atom is 0.140 e. The first kappa shape index (κ1) is 15.0. The fraction of sp³-hybridized carbons (Fsp3) is 0.381. The molecule has 0 aromatic heterocycles. The van der Waals surface area contributed by atoms with Gasteiger partial charge in [-0.25, -0.2) is 0 Å². The van der Waals surface area contributed by atoms with E-state index in [1.807, 2.05) is 0 Å². The molecule has 22 heavy (non-hydrogen) atoms. The molecule has 0 N–H and O–H groups in total. The first-order valence-corrected chi connectivity index (χ1v) is 8.28. The number of benzene rings is 2. The zero-order valence-corrected chi connectivity index (χ0v) is 13.5. The molecule has 0 bridgehead atoms. The van der Waals surface area contributed by atoms with Gasteiger partial charge in [-0.05, 0) is 50.2 Å². The lowest BCUT2D eigenvalue weighted by Crippen LogP contribution is -2.14. The van der Waals surface area contributed by atoms with Crippen molar-refractivity contribution < 1.29 is 4.79 Å². The minimum atomic E-state index is 0.113. The van der Waals surface area contributed by atoms with Crippen LogP contribution in [0.5, 0.6) is 0 Å². The summed E-state index contributed by atoms with van der Waals surface area (Å²) in [4.78, 5) is 12.4. The summed E-state index contributed by atoms with van der Waals surface area (Å²) in [5.74, 6) is 1.04. The Morgan fingerprint density at radius 3 is 2.36 bits per heavy atom. The number of Topliss-reactive ketones (excluding diaryl/α,β-unsaturated/α-hetero) is 1. The number of ketones is 1. The monoisotopic (exact) mass is 292 g/mol. The van der Waals surface area contributed by atoms with Gasteiger partial charge in [0.15, 0.2) is 0 Å². The normalized spacial score (nSPS) is 21.3. The van der Waals surface area contributed by atoms with Crippen LogP contribution in [0.2, 0.25) is 0 Å². The molecule has 1 saturated carbocycles. The predicted molar refractivity (Wildman–Crippen MR) is 91.2 cm³/mol. The standard InChI is InChI=1S/C21H24O/c1-15-12-16(2)14-19(13-15)21-18(10-11-20(21)22)9-8-17-6-4-3-5-7-17/h3-7,12-14,18,21H,8-11H2,1-2H3/t18-,21-/m0/s1. The third-order valence-corrected chi connectivity index (χ3v) is 4.83. The smallest absolute Gasteiger partial charge is 0.140 e. The van der Waals surface area contributed by atoms with E-state index in [0.717, 1.165) is 25.7 Å². The Hall–Kier alpha value is -1.89. The lowest BCUT2D eigenvalue weighted by Gasteiger charge is -2.20. The van der Waals surface area contributed by atoms with E-state index in [9.17, 15) is 4.79 Å². The second kappa shape index (κ2) is 6.48. The molecular weight excluding hydrogens is 268 g/mol. The van der Waals surface area contributed by atoms with Gasteiger partial charge in [0, 0.05) is 12.3 Å². The Morgan fingerprint density at radius 2 is 1.68 bits per heavy atom. The van der Waals surface area contributed by atoms with E-state index in [4.69, 9.17) is 0 Å². The van der Waals surface area contributed by atoms with Gasteiger partial charge < -0.3 is 0 Å². The molecule has 1 nitrogen and oxygen atoms in total. The molecule has 0 saturated heterocycles. The fourth-order valence-corrected chi connectivity index (χ4v) is 3.87. The Kier molecular flexibility index (Phi) is 4.42. The van der Waals surface area contributed by atoms with E-state index >= 15 is 0 Å². The van der Waals surface area contributed by atoms with Crippen molar-refractivity contribution in [3.8, 4) is 0 Å². The van der Waals surface area contributed by atoms with Gasteiger partial charge in [-0.1, -0.05) is 59.7 Å². The second-order valence-electron chi connectivity index (χ2n) is 6.69. The van der Waals surface area contributed by atoms with Crippen LogP contribution < -0.4 is 0 Å². The Labute approximate surface area is 133 Å². The Bertz CT molecular complexity index is 637. The van der Waals surface area contributed by atoms with Crippen LogP contribution in [0.15, 0.2) is 48.5 Å². The first-order chi connectivity index (χ1) is 10.6. The van der Waals surface area contributed by atoms with E-state index in [2.05, 4.69) is 62.4 Å². The number of carbonyl (C=O) groups is 1. The van der Waals surface area contributed by atoms with Gasteiger partial charge in [-0.15, -0.1) is 0 Å². The molecule has 1 heteroatoms. The van der Waals surface area contributed by atoms with Crippen molar-refractivity contribution in [1.82, 2.24) is 0 Å². The van der Waals surface area contributed by atoms with Crippen molar-refractivity contribution in [3.05, 3.63) is 70.8 Å². The highest BCUT2D eigenvalue weighted by atomic mass is 16.1. The highest BCUT2D eigenvalue weighted by Gasteiger charge is 2.35. The van der Waals surface area contributed by atoms with Gasteiger partial charge in [0.1, 0.15) is 5.78 Å². The molecule has 0 aliphatic heterocycles. The third-order valence-electron chi connectivity index (χ3n) is 4.83. The minimum Gasteiger partial charge on any atom is -0.299 e. The predicted octanol–water partition coefficient (Wildman–Crippen LogP) is 5.00. The Balaban J connectivity index is 1.77. The molecule has 2 aromatic rings. The van der Waals surface area contributed by atoms with Gasteiger partial charge in [-0.2, -0.15) is 0 Å². The molecule has 3 rings (SSSR count). The van der Waals surface area contributed by atoms with Gasteiger partial charge in [0.25, 0.3) is 0 Å². The Morgan fingerprint density at radius 1 is 1.00 bits per heavy atom. The van der Waals surface area contributed by atoms with Crippen LogP contribution in [0.3, 0.4) is 0 Å². The summed E-state index contributed by atoms with van der Waals surface area (Å²) in [6.45, 7) is 4.24. The minimum absolute atomic E-state index is 0.113. The van der Waals surface area contributed by atoms with Gasteiger partial charge in [-0.3, -0.25) is 4.79 Å². The van der Waals surface area contributed by atoms with Crippen LogP contribution in [0.4, 0.5) is 0 Å². The molecule has 1 aliphatic rings. The van der Waals surface area contributed by atoms with E-state index < -0.39 is 0 Å². The van der Waals surface area contributed by atoms with Crippen molar-refractivity contribution in [2.45, 2.75) is 45.4 Å². The summed E-state index contributed by atoms with van der Waals surface area (Å²) in [6.07, 6.45) is 3.97. The lowest BCUT2D eigenvalue weighted by molar-refractivity contribution is -0.119. The van der Waals surface area contributed by atoms with Crippen LogP contribution in [-0.2, 0) is 11.2 Å². The van der Waals surface area contributed by atoms with E-state index in [0.29, 0.717) is 11.7 Å². The number of carbonyl (C=O) groups excluding carboxylic acids is 1. The summed E-state index contributed by atoms with van der Waals surface area (Å²) in [7, 11) is 0. The third kappa shape index (κ3) is 3.30. The number of rotatable bonds is 4.